The van der Waals surface area contributed by atoms with Gasteiger partial charge in [-0.2, -0.15) is 0 Å². The Bertz CT molecular complexity index is 536. The molecule has 1 aliphatic heterocycles. The third-order valence-corrected chi connectivity index (χ3v) is 4.62. The number of aromatic nitrogens is 3. The summed E-state index contributed by atoms with van der Waals surface area (Å²) in [6.07, 6.45) is 8.45. The number of amides is 1. The van der Waals surface area contributed by atoms with E-state index in [0.717, 1.165) is 19.4 Å². The highest BCUT2D eigenvalue weighted by atomic mass is 16.4. The summed E-state index contributed by atoms with van der Waals surface area (Å²) in [4.78, 5) is 25.2. The molecule has 1 atom stereocenters. The van der Waals surface area contributed by atoms with Crippen LogP contribution in [-0.4, -0.2) is 49.5 Å². The van der Waals surface area contributed by atoms with E-state index in [4.69, 9.17) is 5.11 Å². The monoisotopic (exact) mass is 292 g/mol. The van der Waals surface area contributed by atoms with Crippen molar-refractivity contribution in [2.75, 3.05) is 6.54 Å². The summed E-state index contributed by atoms with van der Waals surface area (Å²) in [5, 5.41) is 16.1. The highest BCUT2D eigenvalue weighted by molar-refractivity contribution is 5.84. The molecule has 1 amide bonds. The number of aromatic carboxylic acids is 1. The van der Waals surface area contributed by atoms with Crippen LogP contribution in [0.15, 0.2) is 6.20 Å². The van der Waals surface area contributed by atoms with Crippen LogP contribution in [0, 0.1) is 5.92 Å². The molecule has 0 aromatic carbocycles. The van der Waals surface area contributed by atoms with Crippen molar-refractivity contribution in [2.45, 2.75) is 51.1 Å². The molecule has 1 aliphatic carbocycles. The number of carbonyl (C=O) groups excluding carboxylic acids is 1. The minimum Gasteiger partial charge on any atom is -0.476 e. The molecule has 2 heterocycles. The van der Waals surface area contributed by atoms with Crippen molar-refractivity contribution in [3.63, 3.8) is 0 Å². The Morgan fingerprint density at radius 1 is 1.24 bits per heavy atom. The minimum atomic E-state index is -1.13. The second-order valence-corrected chi connectivity index (χ2v) is 5.95. The fourth-order valence-corrected chi connectivity index (χ4v) is 3.64. The van der Waals surface area contributed by atoms with Gasteiger partial charge < -0.3 is 10.0 Å². The fourth-order valence-electron chi connectivity index (χ4n) is 3.64. The summed E-state index contributed by atoms with van der Waals surface area (Å²) in [6, 6.07) is 0.363. The van der Waals surface area contributed by atoms with Crippen molar-refractivity contribution in [3.05, 3.63) is 11.9 Å². The SMILES string of the molecule is O=C(O)c1cn(CC(=O)N2CCCC2C2CCCC2)nn1. The first kappa shape index (κ1) is 14.0. The summed E-state index contributed by atoms with van der Waals surface area (Å²) in [6.45, 7) is 0.879. The largest absolute Gasteiger partial charge is 0.476 e. The van der Waals surface area contributed by atoms with Crippen LogP contribution in [0.25, 0.3) is 0 Å². The number of rotatable bonds is 4. The normalized spacial score (nSPS) is 22.9. The van der Waals surface area contributed by atoms with Gasteiger partial charge in [-0.05, 0) is 31.6 Å². The smallest absolute Gasteiger partial charge is 0.358 e. The molecule has 0 radical (unpaired) electrons. The number of carboxylic acid groups (broad SMARTS) is 1. The molecule has 2 aliphatic rings. The highest BCUT2D eigenvalue weighted by Crippen LogP contribution is 2.35. The first-order chi connectivity index (χ1) is 10.1. The van der Waals surface area contributed by atoms with Gasteiger partial charge in [0.2, 0.25) is 5.91 Å². The lowest BCUT2D eigenvalue weighted by molar-refractivity contribution is -0.133. The maximum absolute atomic E-state index is 12.5. The average molecular weight is 292 g/mol. The molecule has 1 unspecified atom stereocenters. The number of likely N-dealkylation sites (tertiary alicyclic amines) is 1. The van der Waals surface area contributed by atoms with Crippen molar-refractivity contribution < 1.29 is 14.7 Å². The molecular formula is C14H20N4O3. The van der Waals surface area contributed by atoms with E-state index < -0.39 is 5.97 Å². The zero-order valence-electron chi connectivity index (χ0n) is 11.9. The third-order valence-electron chi connectivity index (χ3n) is 4.62. The van der Waals surface area contributed by atoms with Crippen molar-refractivity contribution in [1.29, 1.82) is 0 Å². The van der Waals surface area contributed by atoms with Gasteiger partial charge in [-0.1, -0.05) is 18.1 Å². The summed E-state index contributed by atoms with van der Waals surface area (Å²) < 4.78 is 1.32. The highest BCUT2D eigenvalue weighted by Gasteiger charge is 2.35. The molecule has 1 aromatic rings. The minimum absolute atomic E-state index is 0.0197. The fraction of sp³-hybridized carbons (Fsp3) is 0.714. The molecule has 1 aromatic heterocycles. The zero-order valence-corrected chi connectivity index (χ0v) is 11.9. The lowest BCUT2D eigenvalue weighted by Crippen LogP contribution is -2.41. The molecule has 0 bridgehead atoms. The van der Waals surface area contributed by atoms with Crippen molar-refractivity contribution >= 4 is 11.9 Å². The van der Waals surface area contributed by atoms with Crippen LogP contribution in [0.5, 0.6) is 0 Å². The van der Waals surface area contributed by atoms with Gasteiger partial charge >= 0.3 is 5.97 Å². The average Bonchev–Trinajstić information content (AvgIpc) is 3.19. The van der Waals surface area contributed by atoms with Crippen LogP contribution in [-0.2, 0) is 11.3 Å². The van der Waals surface area contributed by atoms with E-state index in [2.05, 4.69) is 10.3 Å². The van der Waals surface area contributed by atoms with E-state index in [1.807, 2.05) is 4.90 Å². The summed E-state index contributed by atoms with van der Waals surface area (Å²) in [5.74, 6) is -0.466. The number of hydrogen-bond acceptors (Lipinski definition) is 4. The van der Waals surface area contributed by atoms with Gasteiger partial charge in [0, 0.05) is 12.6 Å². The molecule has 3 rings (SSSR count). The first-order valence-electron chi connectivity index (χ1n) is 7.58. The summed E-state index contributed by atoms with van der Waals surface area (Å²) in [5.41, 5.74) is -0.128. The number of hydrogen-bond donors (Lipinski definition) is 1. The van der Waals surface area contributed by atoms with Crippen molar-refractivity contribution in [1.82, 2.24) is 19.9 Å². The molecule has 1 saturated carbocycles. The van der Waals surface area contributed by atoms with E-state index in [0.29, 0.717) is 12.0 Å². The molecule has 1 N–H and O–H groups in total. The van der Waals surface area contributed by atoms with Gasteiger partial charge in [0.1, 0.15) is 6.54 Å². The van der Waals surface area contributed by atoms with Gasteiger partial charge in [0.05, 0.1) is 6.20 Å². The predicted molar refractivity (Wildman–Crippen MR) is 73.7 cm³/mol. The molecule has 114 valence electrons. The lowest BCUT2D eigenvalue weighted by atomic mass is 9.96. The van der Waals surface area contributed by atoms with E-state index >= 15 is 0 Å². The topological polar surface area (TPSA) is 88.3 Å². The third kappa shape index (κ3) is 2.91. The molecule has 7 nitrogen and oxygen atoms in total. The van der Waals surface area contributed by atoms with Crippen LogP contribution in [0.2, 0.25) is 0 Å². The number of carboxylic acids is 1. The van der Waals surface area contributed by atoms with Gasteiger partial charge in [-0.25, -0.2) is 9.48 Å². The van der Waals surface area contributed by atoms with Crippen LogP contribution in [0.3, 0.4) is 0 Å². The van der Waals surface area contributed by atoms with E-state index in [9.17, 15) is 9.59 Å². The second kappa shape index (κ2) is 5.83. The molecule has 1 saturated heterocycles. The molecule has 21 heavy (non-hydrogen) atoms. The Balaban J connectivity index is 1.64. The zero-order chi connectivity index (χ0) is 14.8. The van der Waals surface area contributed by atoms with E-state index in [1.165, 1.54) is 36.6 Å². The van der Waals surface area contributed by atoms with Gasteiger partial charge in [-0.15, -0.1) is 5.10 Å². The van der Waals surface area contributed by atoms with Crippen molar-refractivity contribution in [3.8, 4) is 0 Å². The molecule has 0 spiro atoms. The number of carbonyl (C=O) groups is 2. The summed E-state index contributed by atoms with van der Waals surface area (Å²) >= 11 is 0. The van der Waals surface area contributed by atoms with Crippen LogP contribution in [0.4, 0.5) is 0 Å². The van der Waals surface area contributed by atoms with Crippen LogP contribution < -0.4 is 0 Å². The summed E-state index contributed by atoms with van der Waals surface area (Å²) in [7, 11) is 0. The molecule has 7 heteroatoms. The van der Waals surface area contributed by atoms with Gasteiger partial charge in [-0.3, -0.25) is 4.79 Å². The van der Waals surface area contributed by atoms with Crippen LogP contribution in [0.1, 0.15) is 49.0 Å². The Morgan fingerprint density at radius 3 is 2.67 bits per heavy atom. The number of nitrogens with zero attached hydrogens (tertiary/aromatic N) is 4. The van der Waals surface area contributed by atoms with E-state index in [1.54, 1.807) is 0 Å². The second-order valence-electron chi connectivity index (χ2n) is 5.95. The Morgan fingerprint density at radius 2 is 2.00 bits per heavy atom. The van der Waals surface area contributed by atoms with Crippen LogP contribution >= 0.6 is 0 Å². The van der Waals surface area contributed by atoms with E-state index in [-0.39, 0.29) is 18.1 Å². The van der Waals surface area contributed by atoms with Gasteiger partial charge in [0.15, 0.2) is 5.69 Å². The molecule has 2 fully saturated rings. The Hall–Kier alpha value is -1.92. The van der Waals surface area contributed by atoms with Gasteiger partial charge in [0.25, 0.3) is 0 Å². The Kier molecular flexibility index (Phi) is 3.90. The maximum atomic E-state index is 12.5. The molecular weight excluding hydrogens is 272 g/mol. The lowest BCUT2D eigenvalue weighted by Gasteiger charge is -2.29. The van der Waals surface area contributed by atoms with Crippen molar-refractivity contribution in [2.24, 2.45) is 5.92 Å². The predicted octanol–water partition coefficient (Wildman–Crippen LogP) is 1.16. The first-order valence-corrected chi connectivity index (χ1v) is 7.58. The Labute approximate surface area is 122 Å². The quantitative estimate of drug-likeness (QED) is 0.899. The maximum Gasteiger partial charge on any atom is 0.358 e. The standard InChI is InChI=1S/C14H20N4O3/c19-13(9-17-8-11(14(20)21)15-16-17)18-7-3-6-12(18)10-4-1-2-5-10/h8,10,12H,1-7,9H2,(H,20,21).